The van der Waals surface area contributed by atoms with Gasteiger partial charge in [-0.2, -0.15) is 0 Å². The molecule has 1 unspecified atom stereocenters. The highest BCUT2D eigenvalue weighted by Gasteiger charge is 2.32. The van der Waals surface area contributed by atoms with Crippen molar-refractivity contribution in [3.05, 3.63) is 71.6 Å². The lowest BCUT2D eigenvalue weighted by Gasteiger charge is -2.14. The van der Waals surface area contributed by atoms with Crippen LogP contribution < -0.4 is 10.2 Å². The second-order valence-corrected chi connectivity index (χ2v) is 7.74. The number of amides is 2. The molecule has 32 heavy (non-hydrogen) atoms. The fourth-order valence-electron chi connectivity index (χ4n) is 3.28. The number of benzene rings is 2. The van der Waals surface area contributed by atoms with Crippen molar-refractivity contribution in [3.63, 3.8) is 0 Å². The molecule has 0 saturated carbocycles. The van der Waals surface area contributed by atoms with E-state index in [9.17, 15) is 14.0 Å². The number of aromatic amines is 1. The van der Waals surface area contributed by atoms with E-state index < -0.39 is 18.0 Å². The summed E-state index contributed by atoms with van der Waals surface area (Å²) in [6.45, 7) is 7.80. The summed E-state index contributed by atoms with van der Waals surface area (Å²) < 4.78 is 19.7. The number of rotatable bonds is 4. The van der Waals surface area contributed by atoms with Crippen LogP contribution in [0.15, 0.2) is 48.7 Å². The van der Waals surface area contributed by atoms with Gasteiger partial charge in [0.2, 0.25) is 5.91 Å². The van der Waals surface area contributed by atoms with Crippen molar-refractivity contribution in [2.75, 3.05) is 18.0 Å². The predicted octanol–water partition coefficient (Wildman–Crippen LogP) is 4.29. The average molecular weight is 439 g/mol. The molecule has 2 heterocycles. The van der Waals surface area contributed by atoms with E-state index in [1.165, 1.54) is 17.9 Å². The van der Waals surface area contributed by atoms with Crippen LogP contribution in [0.1, 0.15) is 24.0 Å². The fraction of sp³-hybridized carbons (Fsp3) is 0.292. The van der Waals surface area contributed by atoms with Gasteiger partial charge in [-0.25, -0.2) is 14.2 Å². The Morgan fingerprint density at radius 2 is 1.94 bits per heavy atom. The first-order valence-electron chi connectivity index (χ1n) is 10.3. The summed E-state index contributed by atoms with van der Waals surface area (Å²) in [5.41, 5.74) is 3.92. The number of nitrogens with zero attached hydrogens (tertiary/aromatic N) is 2. The number of carbonyl (C=O) groups excluding carboxylic acids is 2. The van der Waals surface area contributed by atoms with Crippen LogP contribution in [0, 0.1) is 26.6 Å². The molecular weight excluding hydrogens is 411 g/mol. The number of H-pyrrole nitrogens is 1. The lowest BCUT2D eigenvalue weighted by Crippen LogP contribution is -2.33. The van der Waals surface area contributed by atoms with E-state index >= 15 is 0 Å². The number of aryl methyl sites for hydroxylation is 3. The lowest BCUT2D eigenvalue weighted by molar-refractivity contribution is -0.119. The van der Waals surface area contributed by atoms with E-state index in [2.05, 4.69) is 15.3 Å². The normalized spacial score (nSPS) is 15.1. The van der Waals surface area contributed by atoms with Crippen LogP contribution in [0.4, 0.5) is 14.9 Å². The zero-order valence-corrected chi connectivity index (χ0v) is 18.6. The van der Waals surface area contributed by atoms with Gasteiger partial charge in [0.05, 0.1) is 18.8 Å². The van der Waals surface area contributed by atoms with Gasteiger partial charge in [0.15, 0.2) is 0 Å². The number of cyclic esters (lactones) is 1. The van der Waals surface area contributed by atoms with E-state index in [1.807, 2.05) is 51.2 Å². The largest absolute Gasteiger partial charge is 0.442 e. The second-order valence-electron chi connectivity index (χ2n) is 7.74. The molecule has 2 amide bonds. The van der Waals surface area contributed by atoms with E-state index in [1.54, 1.807) is 12.1 Å². The summed E-state index contributed by atoms with van der Waals surface area (Å²) in [4.78, 5) is 31.3. The highest BCUT2D eigenvalue weighted by molar-refractivity contribution is 5.90. The van der Waals surface area contributed by atoms with Gasteiger partial charge in [-0.05, 0) is 44.5 Å². The third kappa shape index (κ3) is 5.94. The Labute approximate surface area is 186 Å². The number of nitrogens with one attached hydrogen (secondary N) is 2. The molecule has 0 aliphatic carbocycles. The maximum absolute atomic E-state index is 14.5. The summed E-state index contributed by atoms with van der Waals surface area (Å²) in [6, 6.07) is 12.3. The molecular formula is C24H27FN4O3. The Hall–Kier alpha value is -3.68. The lowest BCUT2D eigenvalue weighted by atomic mass is 10.0. The SMILES string of the molecule is CC(=O)NCC1CN(c2ccc(-c3ccc(C)cc3)c(F)c2)C(=O)O1.Cc1cnc(C)[nH]1. The van der Waals surface area contributed by atoms with Crippen molar-refractivity contribution >= 4 is 17.7 Å². The van der Waals surface area contributed by atoms with Gasteiger partial charge in [-0.1, -0.05) is 29.8 Å². The van der Waals surface area contributed by atoms with Crippen LogP contribution in [-0.4, -0.2) is 41.2 Å². The highest BCUT2D eigenvalue weighted by atomic mass is 19.1. The van der Waals surface area contributed by atoms with Gasteiger partial charge >= 0.3 is 6.09 Å². The summed E-state index contributed by atoms with van der Waals surface area (Å²) in [6.07, 6.45) is 0.823. The van der Waals surface area contributed by atoms with Gasteiger partial charge < -0.3 is 15.0 Å². The summed E-state index contributed by atoms with van der Waals surface area (Å²) in [5, 5.41) is 2.61. The third-order valence-corrected chi connectivity index (χ3v) is 4.91. The zero-order chi connectivity index (χ0) is 23.3. The summed E-state index contributed by atoms with van der Waals surface area (Å²) in [7, 11) is 0. The number of ether oxygens (including phenoxy) is 1. The van der Waals surface area contributed by atoms with Gasteiger partial charge in [-0.3, -0.25) is 9.69 Å². The molecule has 1 aliphatic heterocycles. The molecule has 0 spiro atoms. The van der Waals surface area contributed by atoms with Crippen molar-refractivity contribution in [2.24, 2.45) is 0 Å². The fourth-order valence-corrected chi connectivity index (χ4v) is 3.28. The van der Waals surface area contributed by atoms with E-state index in [-0.39, 0.29) is 19.0 Å². The predicted molar refractivity (Wildman–Crippen MR) is 121 cm³/mol. The molecule has 4 rings (SSSR count). The van der Waals surface area contributed by atoms with E-state index in [0.717, 1.165) is 22.6 Å². The number of hydrogen-bond donors (Lipinski definition) is 2. The summed E-state index contributed by atoms with van der Waals surface area (Å²) >= 11 is 0. The first kappa shape index (κ1) is 23.0. The van der Waals surface area contributed by atoms with Crippen molar-refractivity contribution in [2.45, 2.75) is 33.8 Å². The van der Waals surface area contributed by atoms with Crippen LogP contribution in [0.3, 0.4) is 0 Å². The molecule has 168 valence electrons. The van der Waals surface area contributed by atoms with E-state index in [0.29, 0.717) is 11.3 Å². The monoisotopic (exact) mass is 438 g/mol. The van der Waals surface area contributed by atoms with Crippen molar-refractivity contribution in [1.82, 2.24) is 15.3 Å². The maximum atomic E-state index is 14.5. The molecule has 2 aromatic carbocycles. The molecule has 0 bridgehead atoms. The quantitative estimate of drug-likeness (QED) is 0.636. The minimum absolute atomic E-state index is 0.192. The van der Waals surface area contributed by atoms with Gasteiger partial charge in [0.1, 0.15) is 17.7 Å². The molecule has 7 nitrogen and oxygen atoms in total. The van der Waals surface area contributed by atoms with Crippen LogP contribution in [-0.2, 0) is 9.53 Å². The number of anilines is 1. The Morgan fingerprint density at radius 3 is 2.47 bits per heavy atom. The molecule has 1 aliphatic rings. The summed E-state index contributed by atoms with van der Waals surface area (Å²) in [5.74, 6) is 0.389. The Morgan fingerprint density at radius 1 is 1.22 bits per heavy atom. The van der Waals surface area contributed by atoms with Crippen LogP contribution in [0.2, 0.25) is 0 Å². The minimum Gasteiger partial charge on any atom is -0.442 e. The number of halogens is 1. The Balaban J connectivity index is 0.000000352. The maximum Gasteiger partial charge on any atom is 0.414 e. The standard InChI is InChI=1S/C19H19FN2O3.C5H8N2/c1-12-3-5-14(6-4-12)17-8-7-15(9-18(17)20)22-11-16(25-19(22)24)10-21-13(2)23;1-4-3-6-5(2)7-4/h3-9,16H,10-11H2,1-2H3,(H,21,23);3H,1-2H3,(H,6,7). The van der Waals surface area contributed by atoms with Gasteiger partial charge in [-0.15, -0.1) is 0 Å². The van der Waals surface area contributed by atoms with Crippen molar-refractivity contribution < 1.29 is 18.7 Å². The van der Waals surface area contributed by atoms with Gasteiger partial charge in [0, 0.05) is 24.4 Å². The molecule has 0 radical (unpaired) electrons. The van der Waals surface area contributed by atoms with Crippen LogP contribution >= 0.6 is 0 Å². The van der Waals surface area contributed by atoms with Gasteiger partial charge in [0.25, 0.3) is 0 Å². The molecule has 1 aromatic heterocycles. The Bertz CT molecular complexity index is 1080. The Kier molecular flexibility index (Phi) is 7.25. The number of hydrogen-bond acceptors (Lipinski definition) is 4. The molecule has 1 fully saturated rings. The second kappa shape index (κ2) is 10.1. The molecule has 1 atom stereocenters. The zero-order valence-electron chi connectivity index (χ0n) is 18.6. The first-order valence-corrected chi connectivity index (χ1v) is 10.3. The van der Waals surface area contributed by atoms with Crippen LogP contribution in [0.5, 0.6) is 0 Å². The molecule has 8 heteroatoms. The molecule has 3 aromatic rings. The average Bonchev–Trinajstić information content (AvgIpc) is 3.31. The topological polar surface area (TPSA) is 87.3 Å². The van der Waals surface area contributed by atoms with Crippen molar-refractivity contribution in [1.29, 1.82) is 0 Å². The van der Waals surface area contributed by atoms with Crippen molar-refractivity contribution in [3.8, 4) is 11.1 Å². The number of aromatic nitrogens is 2. The highest BCUT2D eigenvalue weighted by Crippen LogP contribution is 2.29. The number of carbonyl (C=O) groups is 2. The minimum atomic E-state index is -0.544. The number of imidazole rings is 1. The van der Waals surface area contributed by atoms with E-state index in [4.69, 9.17) is 4.74 Å². The third-order valence-electron chi connectivity index (χ3n) is 4.91. The smallest absolute Gasteiger partial charge is 0.414 e. The molecule has 1 saturated heterocycles. The first-order chi connectivity index (χ1) is 15.2. The molecule has 2 N–H and O–H groups in total. The van der Waals surface area contributed by atoms with Crippen LogP contribution in [0.25, 0.3) is 11.1 Å².